The lowest BCUT2D eigenvalue weighted by Crippen LogP contribution is -2.13. The number of hydrogen-bond donors (Lipinski definition) is 3. The predicted octanol–water partition coefficient (Wildman–Crippen LogP) is 1.82. The highest BCUT2D eigenvalue weighted by Gasteiger charge is 2.04. The van der Waals surface area contributed by atoms with Crippen molar-refractivity contribution in [1.82, 2.24) is 15.0 Å². The van der Waals surface area contributed by atoms with Crippen molar-refractivity contribution in [2.45, 2.75) is 13.5 Å². The number of benzene rings is 1. The van der Waals surface area contributed by atoms with Crippen LogP contribution in [0.15, 0.2) is 41.2 Å². The average molecular weight is 281 g/mol. The van der Waals surface area contributed by atoms with E-state index in [9.17, 15) is 4.79 Å². The maximum atomic E-state index is 12.0. The third-order valence-corrected chi connectivity index (χ3v) is 3.11. The zero-order valence-electron chi connectivity index (χ0n) is 11.6. The van der Waals surface area contributed by atoms with E-state index in [4.69, 9.17) is 5.73 Å². The largest absolute Gasteiger partial charge is 0.399 e. The quantitative estimate of drug-likeness (QED) is 0.636. The fourth-order valence-electron chi connectivity index (χ4n) is 2.11. The van der Waals surface area contributed by atoms with Crippen LogP contribution in [0.25, 0.3) is 10.9 Å². The van der Waals surface area contributed by atoms with E-state index in [0.717, 1.165) is 11.4 Å². The molecule has 6 heteroatoms. The summed E-state index contributed by atoms with van der Waals surface area (Å²) in [4.78, 5) is 23.5. The molecule has 0 saturated carbocycles. The van der Waals surface area contributed by atoms with E-state index in [0.29, 0.717) is 29.1 Å². The zero-order chi connectivity index (χ0) is 14.8. The number of nitrogens with two attached hydrogens (primary N) is 1. The first-order valence-electron chi connectivity index (χ1n) is 6.58. The van der Waals surface area contributed by atoms with Crippen LogP contribution in [0.3, 0.4) is 0 Å². The third-order valence-electron chi connectivity index (χ3n) is 3.11. The number of nitrogens with one attached hydrogen (secondary N) is 2. The number of H-pyrrole nitrogens is 1. The molecule has 21 heavy (non-hydrogen) atoms. The molecule has 1 aromatic carbocycles. The summed E-state index contributed by atoms with van der Waals surface area (Å²) < 4.78 is 0. The van der Waals surface area contributed by atoms with Gasteiger partial charge >= 0.3 is 0 Å². The monoisotopic (exact) mass is 281 g/mol. The summed E-state index contributed by atoms with van der Waals surface area (Å²) >= 11 is 0. The number of aromatic nitrogens is 3. The van der Waals surface area contributed by atoms with Gasteiger partial charge in [-0.3, -0.25) is 14.8 Å². The van der Waals surface area contributed by atoms with Gasteiger partial charge in [-0.2, -0.15) is 0 Å². The summed E-state index contributed by atoms with van der Waals surface area (Å²) in [6.07, 6.45) is 0. The van der Waals surface area contributed by atoms with Crippen molar-refractivity contribution >= 4 is 22.5 Å². The molecule has 3 rings (SSSR count). The number of nitrogen functional groups attached to an aromatic ring is 1. The van der Waals surface area contributed by atoms with Gasteiger partial charge in [-0.25, -0.2) is 4.98 Å². The molecular formula is C15H15N5O. The van der Waals surface area contributed by atoms with Gasteiger partial charge in [0.25, 0.3) is 5.56 Å². The lowest BCUT2D eigenvalue weighted by Gasteiger charge is -2.07. The smallest absolute Gasteiger partial charge is 0.260 e. The first-order valence-corrected chi connectivity index (χ1v) is 6.58. The van der Waals surface area contributed by atoms with Gasteiger partial charge < -0.3 is 11.1 Å². The first-order chi connectivity index (χ1) is 10.1. The Hall–Kier alpha value is -2.89. The maximum Gasteiger partial charge on any atom is 0.260 e. The van der Waals surface area contributed by atoms with Crippen molar-refractivity contribution in [3.8, 4) is 0 Å². The van der Waals surface area contributed by atoms with Crippen molar-refractivity contribution in [2.75, 3.05) is 11.1 Å². The summed E-state index contributed by atoms with van der Waals surface area (Å²) in [5.74, 6) is 0.417. The number of rotatable bonds is 3. The molecule has 0 unspecified atom stereocenters. The molecule has 0 aliphatic carbocycles. The molecular weight excluding hydrogens is 266 g/mol. The van der Waals surface area contributed by atoms with E-state index in [-0.39, 0.29) is 5.56 Å². The van der Waals surface area contributed by atoms with E-state index >= 15 is 0 Å². The molecule has 0 fully saturated rings. The number of aromatic amines is 1. The molecule has 0 amide bonds. The Bertz CT molecular complexity index is 856. The lowest BCUT2D eigenvalue weighted by atomic mass is 10.2. The highest BCUT2D eigenvalue weighted by molar-refractivity contribution is 5.81. The van der Waals surface area contributed by atoms with Crippen LogP contribution in [0.1, 0.15) is 11.4 Å². The van der Waals surface area contributed by atoms with Crippen LogP contribution in [0.4, 0.5) is 11.6 Å². The second-order valence-corrected chi connectivity index (χ2v) is 4.81. The number of pyridine rings is 1. The van der Waals surface area contributed by atoms with Crippen LogP contribution in [0.2, 0.25) is 0 Å². The summed E-state index contributed by atoms with van der Waals surface area (Å²) in [5, 5.41) is 3.56. The Morgan fingerprint density at radius 2 is 2.10 bits per heavy atom. The van der Waals surface area contributed by atoms with Gasteiger partial charge in [0.2, 0.25) is 5.95 Å². The normalized spacial score (nSPS) is 10.7. The molecule has 106 valence electrons. The predicted molar refractivity (Wildman–Crippen MR) is 83.1 cm³/mol. The minimum absolute atomic E-state index is 0.216. The highest BCUT2D eigenvalue weighted by Crippen LogP contribution is 2.13. The molecule has 0 radical (unpaired) electrons. The van der Waals surface area contributed by atoms with E-state index in [2.05, 4.69) is 20.3 Å². The summed E-state index contributed by atoms with van der Waals surface area (Å²) in [7, 11) is 0. The number of hydrogen-bond acceptors (Lipinski definition) is 5. The van der Waals surface area contributed by atoms with Crippen molar-refractivity contribution < 1.29 is 0 Å². The number of nitrogens with zero attached hydrogens (tertiary/aromatic N) is 2. The van der Waals surface area contributed by atoms with E-state index < -0.39 is 0 Å². The standard InChI is InChI=1S/C15H15N5O/c1-9-3-2-4-11(18-9)8-17-15-19-13-6-5-10(16)7-12(13)14(21)20-15/h2-7H,8,16H2,1H3,(H2,17,19,20,21). The molecule has 0 bridgehead atoms. The minimum Gasteiger partial charge on any atom is -0.399 e. The molecule has 4 N–H and O–H groups in total. The molecule has 2 heterocycles. The molecule has 2 aromatic heterocycles. The van der Waals surface area contributed by atoms with Gasteiger partial charge in [0.15, 0.2) is 0 Å². The maximum absolute atomic E-state index is 12.0. The summed E-state index contributed by atoms with van der Waals surface area (Å²) in [5.41, 5.74) is 8.44. The van der Waals surface area contributed by atoms with Crippen LogP contribution in [0.5, 0.6) is 0 Å². The SMILES string of the molecule is Cc1cccc(CNc2nc3ccc(N)cc3c(=O)[nH]2)n1. The van der Waals surface area contributed by atoms with Gasteiger partial charge in [0.05, 0.1) is 23.1 Å². The van der Waals surface area contributed by atoms with Crippen LogP contribution < -0.4 is 16.6 Å². The zero-order valence-corrected chi connectivity index (χ0v) is 11.6. The first kappa shape index (κ1) is 13.1. The van der Waals surface area contributed by atoms with Crippen molar-refractivity contribution in [3.05, 3.63) is 58.1 Å². The molecule has 0 spiro atoms. The topological polar surface area (TPSA) is 96.7 Å². The number of aryl methyl sites for hydroxylation is 1. The molecule has 0 aliphatic heterocycles. The van der Waals surface area contributed by atoms with Gasteiger partial charge in [-0.05, 0) is 37.3 Å². The van der Waals surface area contributed by atoms with Crippen LogP contribution in [0, 0.1) is 6.92 Å². The Kier molecular flexibility index (Phi) is 3.27. The van der Waals surface area contributed by atoms with Gasteiger partial charge in [-0.15, -0.1) is 0 Å². The van der Waals surface area contributed by atoms with Gasteiger partial charge in [0, 0.05) is 11.4 Å². The Labute approximate surface area is 121 Å². The van der Waals surface area contributed by atoms with Gasteiger partial charge in [-0.1, -0.05) is 6.07 Å². The highest BCUT2D eigenvalue weighted by atomic mass is 16.1. The van der Waals surface area contributed by atoms with E-state index in [1.807, 2.05) is 25.1 Å². The van der Waals surface area contributed by atoms with Crippen molar-refractivity contribution in [3.63, 3.8) is 0 Å². The lowest BCUT2D eigenvalue weighted by molar-refractivity contribution is 0.985. The summed E-state index contributed by atoms with van der Waals surface area (Å²) in [6, 6.07) is 10.9. The second-order valence-electron chi connectivity index (χ2n) is 4.81. The Balaban J connectivity index is 1.88. The van der Waals surface area contributed by atoms with E-state index in [1.54, 1.807) is 18.2 Å². The fraction of sp³-hybridized carbons (Fsp3) is 0.133. The molecule has 0 atom stereocenters. The molecule has 6 nitrogen and oxygen atoms in total. The van der Waals surface area contributed by atoms with Crippen LogP contribution in [-0.2, 0) is 6.54 Å². The van der Waals surface area contributed by atoms with Crippen molar-refractivity contribution in [2.24, 2.45) is 0 Å². The fourth-order valence-corrected chi connectivity index (χ4v) is 2.11. The van der Waals surface area contributed by atoms with Crippen LogP contribution >= 0.6 is 0 Å². The third kappa shape index (κ3) is 2.84. The van der Waals surface area contributed by atoms with E-state index in [1.165, 1.54) is 0 Å². The Morgan fingerprint density at radius 1 is 1.24 bits per heavy atom. The number of fused-ring (bicyclic) bond motifs is 1. The molecule has 0 saturated heterocycles. The molecule has 0 aliphatic rings. The Morgan fingerprint density at radius 3 is 2.90 bits per heavy atom. The summed E-state index contributed by atoms with van der Waals surface area (Å²) in [6.45, 7) is 2.43. The minimum atomic E-state index is -0.216. The molecule has 3 aromatic rings. The van der Waals surface area contributed by atoms with Gasteiger partial charge in [0.1, 0.15) is 0 Å². The van der Waals surface area contributed by atoms with Crippen LogP contribution in [-0.4, -0.2) is 15.0 Å². The number of anilines is 2. The average Bonchev–Trinajstić information content (AvgIpc) is 2.46. The second kappa shape index (κ2) is 5.24. The van der Waals surface area contributed by atoms with Crippen molar-refractivity contribution in [1.29, 1.82) is 0 Å².